The van der Waals surface area contributed by atoms with E-state index in [-0.39, 0.29) is 43.0 Å². The van der Waals surface area contributed by atoms with Gasteiger partial charge in [-0.1, -0.05) is 18.2 Å². The second-order valence-electron chi connectivity index (χ2n) is 7.67. The highest BCUT2D eigenvalue weighted by Gasteiger charge is 2.33. The second kappa shape index (κ2) is 9.58. The van der Waals surface area contributed by atoms with Crippen molar-refractivity contribution in [3.63, 3.8) is 0 Å². The number of rotatable bonds is 7. The molecular formula is C22H25N3O6S. The molecule has 0 spiro atoms. The molecule has 32 heavy (non-hydrogen) atoms. The van der Waals surface area contributed by atoms with Gasteiger partial charge in [0.25, 0.3) is 0 Å². The quantitative estimate of drug-likeness (QED) is 0.654. The first-order chi connectivity index (χ1) is 15.4. The Hall–Kier alpha value is -3.11. The van der Waals surface area contributed by atoms with Crippen LogP contribution in [-0.4, -0.2) is 51.0 Å². The van der Waals surface area contributed by atoms with Crippen LogP contribution in [0.1, 0.15) is 19.3 Å². The Morgan fingerprint density at radius 3 is 2.66 bits per heavy atom. The molecule has 2 aliphatic heterocycles. The summed E-state index contributed by atoms with van der Waals surface area (Å²) < 4.78 is 37.5. The Morgan fingerprint density at radius 1 is 1.06 bits per heavy atom. The molecule has 4 rings (SSSR count). The number of hydrogen-bond donors (Lipinski definition) is 2. The van der Waals surface area contributed by atoms with E-state index >= 15 is 0 Å². The molecule has 0 bridgehead atoms. The van der Waals surface area contributed by atoms with Crippen LogP contribution < -0.4 is 20.1 Å². The number of ether oxygens (including phenoxy) is 2. The molecule has 170 valence electrons. The fourth-order valence-electron chi connectivity index (χ4n) is 3.76. The van der Waals surface area contributed by atoms with Crippen LogP contribution in [0.15, 0.2) is 53.4 Å². The summed E-state index contributed by atoms with van der Waals surface area (Å²) in [6, 6.07) is 13.3. The number of fused-ring (bicyclic) bond motifs is 1. The molecule has 0 aromatic heterocycles. The minimum Gasteiger partial charge on any atom is -0.454 e. The largest absolute Gasteiger partial charge is 0.454 e. The summed E-state index contributed by atoms with van der Waals surface area (Å²) in [5.41, 5.74) is 0.583. The van der Waals surface area contributed by atoms with Gasteiger partial charge < -0.3 is 20.1 Å². The molecule has 1 unspecified atom stereocenters. The molecule has 0 saturated carbocycles. The molecule has 2 aliphatic rings. The molecule has 10 heteroatoms. The zero-order valence-corrected chi connectivity index (χ0v) is 18.3. The minimum atomic E-state index is -3.63. The predicted molar refractivity (Wildman–Crippen MR) is 117 cm³/mol. The molecular weight excluding hydrogens is 434 g/mol. The zero-order valence-electron chi connectivity index (χ0n) is 17.5. The molecule has 9 nitrogen and oxygen atoms in total. The minimum absolute atomic E-state index is 0.0962. The number of nitrogens with zero attached hydrogens (tertiary/aromatic N) is 1. The summed E-state index contributed by atoms with van der Waals surface area (Å²) >= 11 is 0. The maximum atomic E-state index is 12.8. The van der Waals surface area contributed by atoms with E-state index < -0.39 is 15.9 Å². The average Bonchev–Trinajstić information content (AvgIpc) is 3.27. The van der Waals surface area contributed by atoms with Crippen molar-refractivity contribution < 1.29 is 27.5 Å². The molecule has 1 fully saturated rings. The van der Waals surface area contributed by atoms with Gasteiger partial charge in [-0.05, 0) is 37.1 Å². The van der Waals surface area contributed by atoms with Crippen molar-refractivity contribution in [3.8, 4) is 11.5 Å². The highest BCUT2D eigenvalue weighted by Crippen LogP contribution is 2.34. The van der Waals surface area contributed by atoms with Crippen LogP contribution in [0.5, 0.6) is 11.5 Å². The number of carbonyl (C=O) groups is 2. The summed E-state index contributed by atoms with van der Waals surface area (Å²) in [7, 11) is -3.63. The van der Waals surface area contributed by atoms with Crippen LogP contribution in [0, 0.1) is 5.92 Å². The fraction of sp³-hybridized carbons (Fsp3) is 0.364. The van der Waals surface area contributed by atoms with Crippen molar-refractivity contribution in [1.82, 2.24) is 9.62 Å². The summed E-state index contributed by atoms with van der Waals surface area (Å²) in [5.74, 6) is 0.267. The Kier molecular flexibility index (Phi) is 6.61. The molecule has 0 radical (unpaired) electrons. The first kappa shape index (κ1) is 22.1. The summed E-state index contributed by atoms with van der Waals surface area (Å²) in [4.78, 5) is 25.0. The Bertz CT molecular complexity index is 1090. The number of sulfonamides is 1. The Balaban J connectivity index is 1.25. The number of piperidine rings is 1. The van der Waals surface area contributed by atoms with E-state index in [4.69, 9.17) is 9.47 Å². The van der Waals surface area contributed by atoms with E-state index in [1.54, 1.807) is 48.5 Å². The van der Waals surface area contributed by atoms with Crippen LogP contribution in [0.25, 0.3) is 0 Å². The zero-order chi connectivity index (χ0) is 22.6. The van der Waals surface area contributed by atoms with Crippen LogP contribution >= 0.6 is 0 Å². The maximum absolute atomic E-state index is 12.8. The third-order valence-electron chi connectivity index (χ3n) is 5.44. The fourth-order valence-corrected chi connectivity index (χ4v) is 5.30. The summed E-state index contributed by atoms with van der Waals surface area (Å²) in [5, 5.41) is 5.51. The predicted octanol–water partition coefficient (Wildman–Crippen LogP) is 1.96. The lowest BCUT2D eigenvalue weighted by Crippen LogP contribution is -2.45. The third kappa shape index (κ3) is 5.03. The first-order valence-electron chi connectivity index (χ1n) is 10.5. The SMILES string of the molecule is O=C(CCNC(=O)C1CCCN(S(=O)(=O)c2ccccc2)C1)Nc1ccc2c(c1)OCO2. The maximum Gasteiger partial charge on any atom is 0.243 e. The topological polar surface area (TPSA) is 114 Å². The first-order valence-corrected chi connectivity index (χ1v) is 11.9. The highest BCUT2D eigenvalue weighted by molar-refractivity contribution is 7.89. The van der Waals surface area contributed by atoms with E-state index in [0.29, 0.717) is 36.6 Å². The van der Waals surface area contributed by atoms with E-state index in [2.05, 4.69) is 10.6 Å². The summed E-state index contributed by atoms with van der Waals surface area (Å²) in [6.07, 6.45) is 1.31. The molecule has 0 aliphatic carbocycles. The smallest absolute Gasteiger partial charge is 0.243 e. The van der Waals surface area contributed by atoms with Crippen LogP contribution in [0.3, 0.4) is 0 Å². The third-order valence-corrected chi connectivity index (χ3v) is 7.32. The number of carbonyl (C=O) groups excluding carboxylic acids is 2. The molecule has 1 atom stereocenters. The van der Waals surface area contributed by atoms with Gasteiger partial charge in [-0.2, -0.15) is 4.31 Å². The van der Waals surface area contributed by atoms with Crippen molar-refractivity contribution in [2.24, 2.45) is 5.92 Å². The normalized spacial score (nSPS) is 18.2. The summed E-state index contributed by atoms with van der Waals surface area (Å²) in [6.45, 7) is 0.840. The molecule has 2 N–H and O–H groups in total. The van der Waals surface area contributed by atoms with Crippen LogP contribution in [-0.2, 0) is 19.6 Å². The lowest BCUT2D eigenvalue weighted by atomic mass is 9.99. The van der Waals surface area contributed by atoms with Gasteiger partial charge in [-0.3, -0.25) is 9.59 Å². The standard InChI is InChI=1S/C22H25N3O6S/c26-21(24-17-8-9-19-20(13-17)31-15-30-19)10-11-23-22(27)16-5-4-12-25(14-16)32(28,29)18-6-2-1-3-7-18/h1-3,6-9,13,16H,4-5,10-12,14-15H2,(H,23,27)(H,24,26). The van der Waals surface area contributed by atoms with Crippen molar-refractivity contribution in [2.45, 2.75) is 24.2 Å². The van der Waals surface area contributed by atoms with Gasteiger partial charge in [0.05, 0.1) is 10.8 Å². The number of nitrogens with one attached hydrogen (secondary N) is 2. The average molecular weight is 460 g/mol. The second-order valence-corrected chi connectivity index (χ2v) is 9.61. The van der Waals surface area contributed by atoms with Crippen LogP contribution in [0.4, 0.5) is 5.69 Å². The van der Waals surface area contributed by atoms with Crippen molar-refractivity contribution in [3.05, 3.63) is 48.5 Å². The number of benzene rings is 2. The molecule has 2 heterocycles. The van der Waals surface area contributed by atoms with Gasteiger partial charge in [0.1, 0.15) is 0 Å². The molecule has 2 amide bonds. The lowest BCUT2D eigenvalue weighted by molar-refractivity contribution is -0.126. The highest BCUT2D eigenvalue weighted by atomic mass is 32.2. The molecule has 2 aromatic rings. The Morgan fingerprint density at radius 2 is 1.84 bits per heavy atom. The van der Waals surface area contributed by atoms with Crippen molar-refractivity contribution >= 4 is 27.5 Å². The van der Waals surface area contributed by atoms with E-state index in [0.717, 1.165) is 0 Å². The van der Waals surface area contributed by atoms with Crippen molar-refractivity contribution in [2.75, 3.05) is 31.7 Å². The number of amides is 2. The molecule has 2 aromatic carbocycles. The monoisotopic (exact) mass is 459 g/mol. The van der Waals surface area contributed by atoms with Crippen LogP contribution in [0.2, 0.25) is 0 Å². The van der Waals surface area contributed by atoms with Gasteiger partial charge in [-0.25, -0.2) is 8.42 Å². The number of anilines is 1. The lowest BCUT2D eigenvalue weighted by Gasteiger charge is -2.31. The van der Waals surface area contributed by atoms with Crippen molar-refractivity contribution in [1.29, 1.82) is 0 Å². The van der Waals surface area contributed by atoms with Gasteiger partial charge >= 0.3 is 0 Å². The van der Waals surface area contributed by atoms with E-state index in [9.17, 15) is 18.0 Å². The Labute approximate surface area is 186 Å². The van der Waals surface area contributed by atoms with Gasteiger partial charge in [0, 0.05) is 37.8 Å². The van der Waals surface area contributed by atoms with Gasteiger partial charge in [0.2, 0.25) is 28.6 Å². The molecule has 1 saturated heterocycles. The van der Waals surface area contributed by atoms with Gasteiger partial charge in [0.15, 0.2) is 11.5 Å². The van der Waals surface area contributed by atoms with E-state index in [1.807, 2.05) is 0 Å². The number of hydrogen-bond acceptors (Lipinski definition) is 6. The van der Waals surface area contributed by atoms with Gasteiger partial charge in [-0.15, -0.1) is 0 Å². The van der Waals surface area contributed by atoms with E-state index in [1.165, 1.54) is 4.31 Å².